The molecule has 0 spiro atoms. The fraction of sp³-hybridized carbons (Fsp3) is 0. The summed E-state index contributed by atoms with van der Waals surface area (Å²) in [4.78, 5) is 17.9. The maximum absolute atomic E-state index is 14.8. The third-order valence-corrected chi connectivity index (χ3v) is 5.45. The van der Waals surface area contributed by atoms with Crippen LogP contribution in [-0.4, -0.2) is 19.3 Å². The first kappa shape index (κ1) is 20.2. The third-order valence-electron chi connectivity index (χ3n) is 4.92. The van der Waals surface area contributed by atoms with Crippen LogP contribution in [0.25, 0.3) is 33.8 Å². The van der Waals surface area contributed by atoms with E-state index in [0.717, 1.165) is 9.04 Å². The van der Waals surface area contributed by atoms with Gasteiger partial charge in [-0.3, -0.25) is 9.36 Å². The second kappa shape index (κ2) is 7.76. The third kappa shape index (κ3) is 3.31. The minimum absolute atomic E-state index is 0.118. The van der Waals surface area contributed by atoms with Crippen molar-refractivity contribution >= 4 is 27.0 Å². The van der Waals surface area contributed by atoms with Gasteiger partial charge >= 0.3 is 0 Å². The number of fused-ring (bicyclic) bond motifs is 1. The molecule has 0 aliphatic carbocycles. The van der Waals surface area contributed by atoms with Crippen LogP contribution >= 0.6 is 15.9 Å². The first-order valence-electron chi connectivity index (χ1n) is 9.41. The van der Waals surface area contributed by atoms with Gasteiger partial charge in [-0.25, -0.2) is 22.8 Å². The van der Waals surface area contributed by atoms with Gasteiger partial charge in [0.05, 0.1) is 23.1 Å². The number of rotatable bonds is 3. The van der Waals surface area contributed by atoms with Crippen molar-refractivity contribution in [1.82, 2.24) is 19.3 Å². The molecule has 0 saturated carbocycles. The Morgan fingerprint density at radius 1 is 0.844 bits per heavy atom. The van der Waals surface area contributed by atoms with Gasteiger partial charge in [0.15, 0.2) is 11.5 Å². The molecule has 0 unspecified atom stereocenters. The van der Waals surface area contributed by atoms with Crippen LogP contribution in [0.5, 0.6) is 0 Å². The Hall–Kier alpha value is -3.72. The number of aromatic nitrogens is 4. The molecule has 5 aromatic rings. The highest BCUT2D eigenvalue weighted by Gasteiger charge is 2.23. The predicted molar refractivity (Wildman–Crippen MR) is 117 cm³/mol. The predicted octanol–water partition coefficient (Wildman–Crippen LogP) is 5.42. The number of hydrogen-bond acceptors (Lipinski definition) is 3. The summed E-state index contributed by atoms with van der Waals surface area (Å²) in [6, 6.07) is 16.6. The van der Waals surface area contributed by atoms with E-state index in [9.17, 15) is 18.0 Å². The van der Waals surface area contributed by atoms with E-state index in [1.807, 2.05) is 6.07 Å². The molecule has 3 aromatic carbocycles. The molecule has 0 fully saturated rings. The summed E-state index contributed by atoms with van der Waals surface area (Å²) in [6.45, 7) is 0. The maximum atomic E-state index is 14.8. The van der Waals surface area contributed by atoms with Crippen LogP contribution in [0.3, 0.4) is 0 Å². The highest BCUT2D eigenvalue weighted by atomic mass is 79.9. The minimum Gasteiger partial charge on any atom is -0.268 e. The Balaban J connectivity index is 1.91. The molecule has 0 N–H and O–H groups in total. The van der Waals surface area contributed by atoms with E-state index in [1.165, 1.54) is 10.9 Å². The first-order valence-corrected chi connectivity index (χ1v) is 10.2. The quantitative estimate of drug-likeness (QED) is 0.335. The summed E-state index contributed by atoms with van der Waals surface area (Å²) in [5.41, 5.74) is -0.126. The van der Waals surface area contributed by atoms with E-state index in [2.05, 4.69) is 26.0 Å². The molecule has 9 heteroatoms. The van der Waals surface area contributed by atoms with Gasteiger partial charge < -0.3 is 0 Å². The maximum Gasteiger partial charge on any atom is 0.269 e. The highest BCUT2D eigenvalue weighted by Crippen LogP contribution is 2.29. The highest BCUT2D eigenvalue weighted by molar-refractivity contribution is 9.10. The lowest BCUT2D eigenvalue weighted by molar-refractivity contribution is 0.546. The second-order valence-electron chi connectivity index (χ2n) is 6.93. The molecule has 2 heterocycles. The molecule has 5 rings (SSSR count). The number of para-hydroxylation sites is 1. The van der Waals surface area contributed by atoms with Crippen LogP contribution in [0.1, 0.15) is 0 Å². The monoisotopic (exact) mass is 496 g/mol. The lowest BCUT2D eigenvalue weighted by atomic mass is 10.1. The Bertz CT molecular complexity index is 1510. The van der Waals surface area contributed by atoms with E-state index in [0.29, 0.717) is 23.5 Å². The standard InChI is InChI=1S/C23H12BrF3N4O/c24-13-6-8-15(9-7-13)30-22(20-18(26)10-14(25)11-19(20)27)29-21-17(23(30)32)12-28-31(21)16-4-2-1-3-5-16/h1-12H. The van der Waals surface area contributed by atoms with Crippen molar-refractivity contribution in [3.05, 3.63) is 105 Å². The summed E-state index contributed by atoms with van der Waals surface area (Å²) >= 11 is 3.32. The molecule has 0 radical (unpaired) electrons. The largest absolute Gasteiger partial charge is 0.269 e. The van der Waals surface area contributed by atoms with Gasteiger partial charge in [-0.15, -0.1) is 0 Å². The van der Waals surface area contributed by atoms with Crippen LogP contribution in [0.4, 0.5) is 13.2 Å². The summed E-state index contributed by atoms with van der Waals surface area (Å²) in [6.07, 6.45) is 1.36. The van der Waals surface area contributed by atoms with Crippen molar-refractivity contribution in [2.75, 3.05) is 0 Å². The van der Waals surface area contributed by atoms with Gasteiger partial charge in [0.25, 0.3) is 5.56 Å². The zero-order valence-electron chi connectivity index (χ0n) is 16.1. The zero-order chi connectivity index (χ0) is 22.4. The Kier molecular flexibility index (Phi) is 4.90. The number of halogens is 4. The van der Waals surface area contributed by atoms with Crippen LogP contribution in [0.2, 0.25) is 0 Å². The van der Waals surface area contributed by atoms with Gasteiger partial charge in [0, 0.05) is 16.6 Å². The number of benzene rings is 3. The smallest absolute Gasteiger partial charge is 0.268 e. The normalized spacial score (nSPS) is 11.2. The van der Waals surface area contributed by atoms with Crippen molar-refractivity contribution < 1.29 is 13.2 Å². The zero-order valence-corrected chi connectivity index (χ0v) is 17.7. The average molecular weight is 497 g/mol. The summed E-state index contributed by atoms with van der Waals surface area (Å²) in [5.74, 6) is -3.73. The molecule has 5 nitrogen and oxygen atoms in total. The Morgan fingerprint density at radius 3 is 2.16 bits per heavy atom. The van der Waals surface area contributed by atoms with Crippen LogP contribution < -0.4 is 5.56 Å². The molecular formula is C23H12BrF3N4O. The molecule has 32 heavy (non-hydrogen) atoms. The van der Waals surface area contributed by atoms with Crippen molar-refractivity contribution in [3.63, 3.8) is 0 Å². The lowest BCUT2D eigenvalue weighted by Gasteiger charge is -2.14. The van der Waals surface area contributed by atoms with Crippen molar-refractivity contribution in [2.45, 2.75) is 0 Å². The first-order chi connectivity index (χ1) is 15.4. The Morgan fingerprint density at radius 2 is 1.50 bits per heavy atom. The molecule has 2 aromatic heterocycles. The molecule has 0 saturated heterocycles. The summed E-state index contributed by atoms with van der Waals surface area (Å²) in [5, 5.41) is 4.41. The molecule has 158 valence electrons. The fourth-order valence-electron chi connectivity index (χ4n) is 3.48. The SMILES string of the molecule is O=c1c2cnn(-c3ccccc3)c2nc(-c2c(F)cc(F)cc2F)n1-c1ccc(Br)cc1. The molecule has 0 bridgehead atoms. The second-order valence-corrected chi connectivity index (χ2v) is 7.84. The Labute approximate surface area is 187 Å². The minimum atomic E-state index is -1.18. The van der Waals surface area contributed by atoms with E-state index < -0.39 is 28.6 Å². The molecule has 0 aliphatic rings. The molecular weight excluding hydrogens is 485 g/mol. The number of nitrogens with zero attached hydrogens (tertiary/aromatic N) is 4. The van der Waals surface area contributed by atoms with Gasteiger partial charge in [0.2, 0.25) is 0 Å². The topological polar surface area (TPSA) is 52.7 Å². The van der Waals surface area contributed by atoms with Crippen LogP contribution in [-0.2, 0) is 0 Å². The number of hydrogen-bond donors (Lipinski definition) is 0. The molecule has 0 atom stereocenters. The summed E-state index contributed by atoms with van der Waals surface area (Å²) < 4.78 is 46.4. The lowest BCUT2D eigenvalue weighted by Crippen LogP contribution is -2.22. The van der Waals surface area contributed by atoms with Crippen molar-refractivity contribution in [1.29, 1.82) is 0 Å². The van der Waals surface area contributed by atoms with Gasteiger partial charge in [0.1, 0.15) is 22.8 Å². The van der Waals surface area contributed by atoms with E-state index in [-0.39, 0.29) is 16.9 Å². The van der Waals surface area contributed by atoms with E-state index >= 15 is 0 Å². The van der Waals surface area contributed by atoms with E-state index in [1.54, 1.807) is 48.5 Å². The van der Waals surface area contributed by atoms with Gasteiger partial charge in [-0.1, -0.05) is 34.1 Å². The molecule has 0 aliphatic heterocycles. The fourth-order valence-corrected chi connectivity index (χ4v) is 3.74. The molecule has 0 amide bonds. The van der Waals surface area contributed by atoms with Gasteiger partial charge in [-0.2, -0.15) is 5.10 Å². The van der Waals surface area contributed by atoms with Crippen LogP contribution in [0, 0.1) is 17.5 Å². The van der Waals surface area contributed by atoms with Crippen LogP contribution in [0.15, 0.2) is 82.2 Å². The van der Waals surface area contributed by atoms with E-state index in [4.69, 9.17) is 0 Å². The van der Waals surface area contributed by atoms with Crippen molar-refractivity contribution in [2.24, 2.45) is 0 Å². The summed E-state index contributed by atoms with van der Waals surface area (Å²) in [7, 11) is 0. The van der Waals surface area contributed by atoms with Gasteiger partial charge in [-0.05, 0) is 36.4 Å². The van der Waals surface area contributed by atoms with Crippen molar-refractivity contribution in [3.8, 4) is 22.8 Å². The average Bonchev–Trinajstić information content (AvgIpc) is 3.19.